The molecule has 3 nitrogen and oxygen atoms in total. The SMILES string of the molecule is CC12CC3CC(C1)CC(C(=O)Nc1ncc(Br)s1)(C3)C2. The molecule has 108 valence electrons. The highest BCUT2D eigenvalue weighted by atomic mass is 79.9. The molecular formula is C15H19BrN2OS. The molecule has 4 aliphatic rings. The van der Waals surface area contributed by atoms with E-state index in [0.717, 1.165) is 40.0 Å². The standard InChI is InChI=1S/C15H19BrN2OS/c1-14-3-9-2-10(4-14)6-15(5-9,8-14)12(19)18-13-17-7-11(16)20-13/h7,9-10H,2-6,8H2,1H3,(H,17,18,19). The molecule has 2 unspecified atom stereocenters. The van der Waals surface area contributed by atoms with Gasteiger partial charge in [-0.3, -0.25) is 4.79 Å². The summed E-state index contributed by atoms with van der Waals surface area (Å²) in [6, 6.07) is 0. The summed E-state index contributed by atoms with van der Waals surface area (Å²) in [5, 5.41) is 3.80. The molecule has 1 N–H and O–H groups in total. The van der Waals surface area contributed by atoms with Crippen LogP contribution >= 0.6 is 27.3 Å². The fourth-order valence-electron chi connectivity index (χ4n) is 5.53. The van der Waals surface area contributed by atoms with Gasteiger partial charge in [-0.05, 0) is 71.7 Å². The molecule has 1 aromatic rings. The van der Waals surface area contributed by atoms with Crippen LogP contribution in [0.3, 0.4) is 0 Å². The highest BCUT2D eigenvalue weighted by molar-refractivity contribution is 9.11. The van der Waals surface area contributed by atoms with Crippen molar-refractivity contribution in [2.75, 3.05) is 5.32 Å². The molecule has 4 fully saturated rings. The van der Waals surface area contributed by atoms with Crippen LogP contribution in [0.25, 0.3) is 0 Å². The van der Waals surface area contributed by atoms with Gasteiger partial charge >= 0.3 is 0 Å². The van der Waals surface area contributed by atoms with E-state index in [9.17, 15) is 4.79 Å². The van der Waals surface area contributed by atoms with Gasteiger partial charge in [0.2, 0.25) is 5.91 Å². The number of carbonyl (C=O) groups is 1. The number of nitrogens with one attached hydrogen (secondary N) is 1. The molecule has 1 aromatic heterocycles. The third-order valence-corrected chi connectivity index (χ3v) is 6.92. The van der Waals surface area contributed by atoms with Crippen LogP contribution in [-0.2, 0) is 4.79 Å². The number of anilines is 1. The molecule has 1 heterocycles. The van der Waals surface area contributed by atoms with Crippen molar-refractivity contribution in [3.8, 4) is 0 Å². The monoisotopic (exact) mass is 354 g/mol. The largest absolute Gasteiger partial charge is 0.301 e. The highest BCUT2D eigenvalue weighted by Gasteiger charge is 2.58. The van der Waals surface area contributed by atoms with E-state index in [-0.39, 0.29) is 11.3 Å². The van der Waals surface area contributed by atoms with E-state index in [1.54, 1.807) is 6.20 Å². The Morgan fingerprint density at radius 3 is 2.65 bits per heavy atom. The summed E-state index contributed by atoms with van der Waals surface area (Å²) in [6.07, 6.45) is 9.04. The summed E-state index contributed by atoms with van der Waals surface area (Å²) in [5.74, 6) is 1.77. The van der Waals surface area contributed by atoms with Gasteiger partial charge < -0.3 is 5.32 Å². The van der Waals surface area contributed by atoms with Crippen LogP contribution < -0.4 is 5.32 Å². The lowest BCUT2D eigenvalue weighted by atomic mass is 9.44. The van der Waals surface area contributed by atoms with Crippen molar-refractivity contribution in [1.82, 2.24) is 4.98 Å². The maximum atomic E-state index is 12.9. The fraction of sp³-hybridized carbons (Fsp3) is 0.733. The van der Waals surface area contributed by atoms with E-state index >= 15 is 0 Å². The van der Waals surface area contributed by atoms with Gasteiger partial charge in [-0.25, -0.2) is 4.98 Å². The maximum Gasteiger partial charge on any atom is 0.232 e. The smallest absolute Gasteiger partial charge is 0.232 e. The van der Waals surface area contributed by atoms with Crippen molar-refractivity contribution in [2.45, 2.75) is 45.4 Å². The molecule has 4 bridgehead atoms. The molecule has 0 aromatic carbocycles. The van der Waals surface area contributed by atoms with E-state index in [2.05, 4.69) is 33.2 Å². The summed E-state index contributed by atoms with van der Waals surface area (Å²) in [4.78, 5) is 17.1. The van der Waals surface area contributed by atoms with Crippen LogP contribution in [0.5, 0.6) is 0 Å². The van der Waals surface area contributed by atoms with E-state index in [4.69, 9.17) is 0 Å². The number of hydrogen-bond acceptors (Lipinski definition) is 3. The Labute approximate surface area is 131 Å². The lowest BCUT2D eigenvalue weighted by molar-refractivity contribution is -0.149. The number of aromatic nitrogens is 1. The Morgan fingerprint density at radius 1 is 1.40 bits per heavy atom. The Kier molecular flexibility index (Phi) is 2.84. The zero-order valence-corrected chi connectivity index (χ0v) is 14.0. The minimum Gasteiger partial charge on any atom is -0.301 e. The van der Waals surface area contributed by atoms with Crippen LogP contribution in [0.4, 0.5) is 5.13 Å². The van der Waals surface area contributed by atoms with Gasteiger partial charge in [0.15, 0.2) is 5.13 Å². The van der Waals surface area contributed by atoms with Crippen molar-refractivity contribution < 1.29 is 4.79 Å². The number of carbonyl (C=O) groups excluding carboxylic acids is 1. The molecule has 20 heavy (non-hydrogen) atoms. The Balaban J connectivity index is 1.59. The molecular weight excluding hydrogens is 336 g/mol. The second-order valence-corrected chi connectivity index (χ2v) is 9.89. The van der Waals surface area contributed by atoms with Gasteiger partial charge in [0.05, 0.1) is 15.4 Å². The third-order valence-electron chi connectivity index (χ3n) is 5.53. The van der Waals surface area contributed by atoms with Crippen molar-refractivity contribution in [3.05, 3.63) is 9.98 Å². The molecule has 0 spiro atoms. The molecule has 2 atom stereocenters. The quantitative estimate of drug-likeness (QED) is 0.852. The minimum atomic E-state index is -0.114. The second-order valence-electron chi connectivity index (χ2n) is 7.48. The van der Waals surface area contributed by atoms with Crippen LogP contribution in [0.2, 0.25) is 0 Å². The maximum absolute atomic E-state index is 12.9. The van der Waals surface area contributed by atoms with Gasteiger partial charge in [0.1, 0.15) is 0 Å². The predicted molar refractivity (Wildman–Crippen MR) is 83.7 cm³/mol. The number of nitrogens with zero attached hydrogens (tertiary/aromatic N) is 1. The highest BCUT2D eigenvalue weighted by Crippen LogP contribution is 2.65. The number of rotatable bonds is 2. The number of amides is 1. The number of thiazole rings is 1. The Bertz CT molecular complexity index is 556. The average Bonchev–Trinajstić information content (AvgIpc) is 2.71. The summed E-state index contributed by atoms with van der Waals surface area (Å²) >= 11 is 4.89. The summed E-state index contributed by atoms with van der Waals surface area (Å²) in [7, 11) is 0. The summed E-state index contributed by atoms with van der Waals surface area (Å²) in [5.41, 5.74) is 0.294. The molecule has 1 amide bonds. The lowest BCUT2D eigenvalue weighted by Gasteiger charge is -2.60. The first-order chi connectivity index (χ1) is 9.46. The Hall–Kier alpha value is -0.420. The van der Waals surface area contributed by atoms with E-state index < -0.39 is 0 Å². The summed E-state index contributed by atoms with van der Waals surface area (Å²) in [6.45, 7) is 2.40. The van der Waals surface area contributed by atoms with Crippen molar-refractivity contribution in [2.24, 2.45) is 22.7 Å². The van der Waals surface area contributed by atoms with Crippen molar-refractivity contribution in [3.63, 3.8) is 0 Å². The molecule has 0 saturated heterocycles. The predicted octanol–water partition coefficient (Wildman–Crippen LogP) is 4.45. The van der Waals surface area contributed by atoms with Gasteiger partial charge in [0, 0.05) is 0 Å². The van der Waals surface area contributed by atoms with Crippen LogP contribution in [-0.4, -0.2) is 10.9 Å². The van der Waals surface area contributed by atoms with Gasteiger partial charge in [-0.2, -0.15) is 0 Å². The van der Waals surface area contributed by atoms with Crippen LogP contribution in [0, 0.1) is 22.7 Å². The van der Waals surface area contributed by atoms with Crippen LogP contribution in [0.1, 0.15) is 45.4 Å². The zero-order valence-electron chi connectivity index (χ0n) is 11.6. The van der Waals surface area contributed by atoms with Crippen molar-refractivity contribution in [1.29, 1.82) is 0 Å². The van der Waals surface area contributed by atoms with Crippen molar-refractivity contribution >= 4 is 38.3 Å². The zero-order chi connectivity index (χ0) is 14.0. The molecule has 4 saturated carbocycles. The van der Waals surface area contributed by atoms with E-state index in [0.29, 0.717) is 5.41 Å². The third kappa shape index (κ3) is 2.05. The number of halogens is 1. The molecule has 0 radical (unpaired) electrons. The first-order valence-corrected chi connectivity index (χ1v) is 9.00. The van der Waals surface area contributed by atoms with Crippen LogP contribution in [0.15, 0.2) is 9.98 Å². The molecule has 5 rings (SSSR count). The normalized spacial score (nSPS) is 41.9. The minimum absolute atomic E-state index is 0.114. The topological polar surface area (TPSA) is 42.0 Å². The van der Waals surface area contributed by atoms with Gasteiger partial charge in [0.25, 0.3) is 0 Å². The fourth-order valence-corrected chi connectivity index (χ4v) is 6.63. The molecule has 4 aliphatic carbocycles. The molecule has 5 heteroatoms. The Morgan fingerprint density at radius 2 is 2.10 bits per heavy atom. The average molecular weight is 355 g/mol. The first kappa shape index (κ1) is 13.3. The summed E-state index contributed by atoms with van der Waals surface area (Å²) < 4.78 is 0.963. The second kappa shape index (κ2) is 4.29. The first-order valence-electron chi connectivity index (χ1n) is 7.39. The number of hydrogen-bond donors (Lipinski definition) is 1. The van der Waals surface area contributed by atoms with Gasteiger partial charge in [-0.1, -0.05) is 18.3 Å². The molecule has 0 aliphatic heterocycles. The van der Waals surface area contributed by atoms with E-state index in [1.807, 2.05) is 0 Å². The van der Waals surface area contributed by atoms with E-state index in [1.165, 1.54) is 30.6 Å². The van der Waals surface area contributed by atoms with Gasteiger partial charge in [-0.15, -0.1) is 0 Å². The lowest BCUT2D eigenvalue weighted by Crippen LogP contribution is -2.55.